The lowest BCUT2D eigenvalue weighted by molar-refractivity contribution is -0.0898. The molecule has 0 aliphatic carbocycles. The largest absolute Gasteiger partial charge is 0.374 e. The molecule has 3 aromatic carbocycles. The van der Waals surface area contributed by atoms with Crippen LogP contribution in [0.3, 0.4) is 0 Å². The van der Waals surface area contributed by atoms with E-state index in [1.165, 1.54) is 0 Å². The number of aryl methyl sites for hydroxylation is 1. The fourth-order valence-corrected chi connectivity index (χ4v) is 4.48. The van der Waals surface area contributed by atoms with Crippen LogP contribution in [0.2, 0.25) is 0 Å². The molecule has 0 bridgehead atoms. The molecule has 0 radical (unpaired) electrons. The van der Waals surface area contributed by atoms with Crippen LogP contribution in [0.15, 0.2) is 97.2 Å². The number of benzene rings is 3. The average Bonchev–Trinajstić information content (AvgIpc) is 3.51. The van der Waals surface area contributed by atoms with Crippen molar-refractivity contribution in [3.63, 3.8) is 0 Å². The van der Waals surface area contributed by atoms with Crippen LogP contribution in [-0.2, 0) is 38.8 Å². The molecular weight excluding hydrogens is 452 g/mol. The number of nitrogens with zero attached hydrogens (tertiary/aromatic N) is 1. The van der Waals surface area contributed by atoms with Crippen LogP contribution >= 0.6 is 0 Å². The minimum atomic E-state index is -0.346. The molecule has 2 heterocycles. The van der Waals surface area contributed by atoms with Gasteiger partial charge in [0.05, 0.1) is 38.3 Å². The second-order valence-electron chi connectivity index (χ2n) is 9.04. The van der Waals surface area contributed by atoms with Crippen molar-refractivity contribution in [1.29, 1.82) is 0 Å². The lowest BCUT2D eigenvalue weighted by Crippen LogP contribution is -2.37. The molecule has 4 aromatic rings. The Morgan fingerprint density at radius 2 is 1.25 bits per heavy atom. The molecule has 4 unspecified atom stereocenters. The number of hydrogen-bond acceptors (Lipinski definition) is 5. The Bertz CT molecular complexity index is 1180. The molecule has 1 fully saturated rings. The third kappa shape index (κ3) is 6.28. The summed E-state index contributed by atoms with van der Waals surface area (Å²) in [6.07, 6.45) is 0.519. The summed E-state index contributed by atoms with van der Waals surface area (Å²) in [7, 11) is 0. The van der Waals surface area contributed by atoms with E-state index in [2.05, 4.69) is 46.4 Å². The Hall–Kier alpha value is -3.29. The third-order valence-corrected chi connectivity index (χ3v) is 6.30. The predicted molar refractivity (Wildman–Crippen MR) is 137 cm³/mol. The topological polar surface area (TPSA) is 65.6 Å². The van der Waals surface area contributed by atoms with Gasteiger partial charge in [-0.05, 0) is 23.6 Å². The van der Waals surface area contributed by atoms with E-state index in [0.717, 1.165) is 28.2 Å². The highest BCUT2D eigenvalue weighted by Crippen LogP contribution is 2.38. The molecule has 186 valence electrons. The van der Waals surface area contributed by atoms with E-state index < -0.39 is 0 Å². The number of imidazole rings is 1. The van der Waals surface area contributed by atoms with Crippen LogP contribution in [0, 0.1) is 6.92 Å². The van der Waals surface area contributed by atoms with Gasteiger partial charge >= 0.3 is 0 Å². The summed E-state index contributed by atoms with van der Waals surface area (Å²) in [6.45, 7) is 3.76. The first-order valence-electron chi connectivity index (χ1n) is 12.4. The minimum absolute atomic E-state index is 0.299. The summed E-state index contributed by atoms with van der Waals surface area (Å²) in [5.41, 5.74) is 4.20. The molecule has 6 heteroatoms. The van der Waals surface area contributed by atoms with Crippen molar-refractivity contribution in [3.05, 3.63) is 125 Å². The maximum Gasteiger partial charge on any atom is 0.128 e. The third-order valence-electron chi connectivity index (χ3n) is 6.30. The zero-order valence-electron chi connectivity index (χ0n) is 20.5. The van der Waals surface area contributed by atoms with Crippen molar-refractivity contribution in [2.75, 3.05) is 6.61 Å². The SMILES string of the molecule is Cc1ncc(C2OC(COCc3ccccc3)C(OCc3ccccc3)C2OCc2ccccc2)[nH]1. The maximum absolute atomic E-state index is 6.55. The van der Waals surface area contributed by atoms with Gasteiger partial charge in [-0.15, -0.1) is 0 Å². The zero-order chi connectivity index (χ0) is 24.6. The second-order valence-corrected chi connectivity index (χ2v) is 9.04. The fraction of sp³-hybridized carbons (Fsp3) is 0.300. The summed E-state index contributed by atoms with van der Waals surface area (Å²) in [4.78, 5) is 7.73. The van der Waals surface area contributed by atoms with Gasteiger partial charge in [0, 0.05) is 0 Å². The van der Waals surface area contributed by atoms with Crippen LogP contribution in [0.4, 0.5) is 0 Å². The Morgan fingerprint density at radius 1 is 0.722 bits per heavy atom. The number of rotatable bonds is 11. The molecule has 1 saturated heterocycles. The van der Waals surface area contributed by atoms with Crippen LogP contribution < -0.4 is 0 Å². The van der Waals surface area contributed by atoms with Gasteiger partial charge in [0.1, 0.15) is 30.2 Å². The number of hydrogen-bond donors (Lipinski definition) is 1. The second kappa shape index (κ2) is 12.1. The average molecular weight is 485 g/mol. The lowest BCUT2D eigenvalue weighted by Gasteiger charge is -2.25. The molecule has 4 atom stereocenters. The number of aromatic amines is 1. The highest BCUT2D eigenvalue weighted by Gasteiger charge is 2.47. The van der Waals surface area contributed by atoms with Crippen LogP contribution in [0.1, 0.15) is 34.3 Å². The summed E-state index contributed by atoms with van der Waals surface area (Å²) in [6, 6.07) is 30.5. The van der Waals surface area contributed by atoms with E-state index in [4.69, 9.17) is 18.9 Å². The fourth-order valence-electron chi connectivity index (χ4n) is 4.48. The van der Waals surface area contributed by atoms with Crippen molar-refractivity contribution >= 4 is 0 Å². The van der Waals surface area contributed by atoms with Gasteiger partial charge in [0.25, 0.3) is 0 Å². The summed E-state index contributed by atoms with van der Waals surface area (Å²) < 4.78 is 25.7. The smallest absolute Gasteiger partial charge is 0.128 e. The van der Waals surface area contributed by atoms with E-state index in [0.29, 0.717) is 26.4 Å². The van der Waals surface area contributed by atoms with E-state index in [9.17, 15) is 0 Å². The van der Waals surface area contributed by atoms with Gasteiger partial charge in [-0.2, -0.15) is 0 Å². The highest BCUT2D eigenvalue weighted by molar-refractivity contribution is 5.17. The quantitative estimate of drug-likeness (QED) is 0.303. The number of ether oxygens (including phenoxy) is 4. The molecule has 5 rings (SSSR count). The first-order chi connectivity index (χ1) is 17.8. The number of aromatic nitrogens is 2. The molecule has 1 aliphatic rings. The number of H-pyrrole nitrogens is 1. The molecule has 6 nitrogen and oxygen atoms in total. The Morgan fingerprint density at radius 3 is 1.78 bits per heavy atom. The monoisotopic (exact) mass is 484 g/mol. The van der Waals surface area contributed by atoms with Crippen LogP contribution in [0.25, 0.3) is 0 Å². The lowest BCUT2D eigenvalue weighted by atomic mass is 10.1. The Labute approximate surface area is 212 Å². The molecule has 0 saturated carbocycles. The summed E-state index contributed by atoms with van der Waals surface area (Å²) in [5, 5.41) is 0. The van der Waals surface area contributed by atoms with Crippen molar-refractivity contribution in [1.82, 2.24) is 9.97 Å². The van der Waals surface area contributed by atoms with Crippen LogP contribution in [0.5, 0.6) is 0 Å². The normalized spacial score (nSPS) is 21.6. The molecule has 36 heavy (non-hydrogen) atoms. The van der Waals surface area contributed by atoms with Gasteiger partial charge in [-0.25, -0.2) is 4.98 Å². The molecule has 0 amide bonds. The molecular formula is C30H32N2O4. The van der Waals surface area contributed by atoms with Crippen molar-refractivity contribution < 1.29 is 18.9 Å². The highest BCUT2D eigenvalue weighted by atomic mass is 16.6. The van der Waals surface area contributed by atoms with Crippen molar-refractivity contribution in [3.8, 4) is 0 Å². The molecule has 1 aromatic heterocycles. The maximum atomic E-state index is 6.55. The predicted octanol–water partition coefficient (Wildman–Crippen LogP) is 5.55. The Kier molecular flexibility index (Phi) is 8.20. The molecule has 0 spiro atoms. The van der Waals surface area contributed by atoms with Gasteiger partial charge in [0.2, 0.25) is 0 Å². The van der Waals surface area contributed by atoms with Gasteiger partial charge in [-0.3, -0.25) is 0 Å². The van der Waals surface area contributed by atoms with Gasteiger partial charge in [0.15, 0.2) is 0 Å². The van der Waals surface area contributed by atoms with Gasteiger partial charge in [-0.1, -0.05) is 91.0 Å². The first kappa shape index (κ1) is 24.4. The Balaban J connectivity index is 1.35. The van der Waals surface area contributed by atoms with Crippen molar-refractivity contribution in [2.24, 2.45) is 0 Å². The van der Waals surface area contributed by atoms with E-state index in [1.54, 1.807) is 0 Å². The first-order valence-corrected chi connectivity index (χ1v) is 12.4. The van der Waals surface area contributed by atoms with E-state index >= 15 is 0 Å². The number of nitrogens with one attached hydrogen (secondary N) is 1. The zero-order valence-corrected chi connectivity index (χ0v) is 20.5. The standard InChI is InChI=1S/C30H32N2O4/c1-22-31-17-26(32-22)28-30(35-20-25-15-9-4-10-16-25)29(34-19-24-13-7-3-8-14-24)27(36-28)21-33-18-23-11-5-2-6-12-23/h2-17,27-30H,18-21H2,1H3,(H,31,32). The summed E-state index contributed by atoms with van der Waals surface area (Å²) >= 11 is 0. The molecule has 1 aliphatic heterocycles. The van der Waals surface area contributed by atoms with Crippen LogP contribution in [-0.4, -0.2) is 34.9 Å². The summed E-state index contributed by atoms with van der Waals surface area (Å²) in [5.74, 6) is 0.834. The minimum Gasteiger partial charge on any atom is -0.374 e. The van der Waals surface area contributed by atoms with Crippen molar-refractivity contribution in [2.45, 2.75) is 51.2 Å². The van der Waals surface area contributed by atoms with E-state index in [-0.39, 0.29) is 24.4 Å². The van der Waals surface area contributed by atoms with Gasteiger partial charge < -0.3 is 23.9 Å². The molecule has 1 N–H and O–H groups in total. The van der Waals surface area contributed by atoms with E-state index in [1.807, 2.05) is 67.7 Å².